The predicted octanol–water partition coefficient (Wildman–Crippen LogP) is -1.91. The first-order valence-electron chi connectivity index (χ1n) is 5.57. The number of aliphatic carboxylic acids is 1. The highest BCUT2D eigenvalue weighted by Gasteiger charge is 2.24. The average Bonchev–Trinajstić information content (AvgIpc) is 2.27. The molecular weight excluding hydrogens is 256 g/mol. The molecule has 0 aliphatic carbocycles. The molecule has 0 saturated heterocycles. The summed E-state index contributed by atoms with van der Waals surface area (Å²) < 4.78 is 0. The number of hydrogen-bond acceptors (Lipinski definition) is 4. The normalized spacial score (nSPS) is 11.3. The summed E-state index contributed by atoms with van der Waals surface area (Å²) in [5.41, 5.74) is 4.87. The Bertz CT molecular complexity index is 371. The van der Waals surface area contributed by atoms with Crippen molar-refractivity contribution in [1.29, 1.82) is 0 Å². The number of primary amides is 1. The fourth-order valence-corrected chi connectivity index (χ4v) is 1.20. The number of nitrogens with one attached hydrogen (secondary N) is 2. The minimum absolute atomic E-state index is 0.220. The van der Waals surface area contributed by atoms with Gasteiger partial charge in [0.25, 0.3) is 0 Å². The Kier molecular flexibility index (Phi) is 6.94. The maximum atomic E-state index is 11.6. The van der Waals surface area contributed by atoms with Crippen molar-refractivity contribution in [3.05, 3.63) is 0 Å². The van der Waals surface area contributed by atoms with Crippen LogP contribution >= 0.6 is 0 Å². The zero-order chi connectivity index (χ0) is 15.0. The zero-order valence-electron chi connectivity index (χ0n) is 10.8. The predicted molar refractivity (Wildman–Crippen MR) is 65.1 cm³/mol. The molecule has 1 atom stereocenters. The van der Waals surface area contributed by atoms with Crippen LogP contribution in [0.15, 0.2) is 0 Å². The van der Waals surface area contributed by atoms with E-state index in [1.807, 2.05) is 0 Å². The van der Waals surface area contributed by atoms with Crippen molar-refractivity contribution in [1.82, 2.24) is 15.5 Å². The molecule has 0 aliphatic heterocycles. The number of urea groups is 1. The van der Waals surface area contributed by atoms with Gasteiger partial charge in [-0.05, 0) is 6.92 Å². The van der Waals surface area contributed by atoms with Gasteiger partial charge in [0.15, 0.2) is 0 Å². The molecule has 19 heavy (non-hydrogen) atoms. The fraction of sp³-hybridized carbons (Fsp3) is 0.600. The van der Waals surface area contributed by atoms with Crippen molar-refractivity contribution in [2.75, 3.05) is 20.1 Å². The molecular formula is C10H18N4O5. The lowest BCUT2D eigenvalue weighted by Gasteiger charge is -2.20. The summed E-state index contributed by atoms with van der Waals surface area (Å²) in [6.45, 7) is 1.93. The number of rotatable bonds is 7. The number of amides is 4. The SMILES string of the molecule is CCNC(=O)CN(C)C(=O)NC(CC(N)=O)C(=O)O. The third kappa shape index (κ3) is 6.86. The molecule has 0 bridgehead atoms. The van der Waals surface area contributed by atoms with Crippen molar-refractivity contribution in [3.63, 3.8) is 0 Å². The minimum atomic E-state index is -1.42. The van der Waals surface area contributed by atoms with Crippen LogP contribution in [-0.4, -0.2) is 60.0 Å². The Labute approximate surface area is 110 Å². The van der Waals surface area contributed by atoms with Gasteiger partial charge in [0.2, 0.25) is 11.8 Å². The van der Waals surface area contributed by atoms with Gasteiger partial charge < -0.3 is 26.4 Å². The van der Waals surface area contributed by atoms with Gasteiger partial charge in [-0.2, -0.15) is 0 Å². The molecule has 5 N–H and O–H groups in total. The largest absolute Gasteiger partial charge is 0.480 e. The third-order valence-electron chi connectivity index (χ3n) is 2.10. The first-order valence-corrected chi connectivity index (χ1v) is 5.57. The molecule has 9 nitrogen and oxygen atoms in total. The maximum absolute atomic E-state index is 11.6. The summed E-state index contributed by atoms with van der Waals surface area (Å²) in [5.74, 6) is -2.60. The number of nitrogens with two attached hydrogens (primary N) is 1. The summed E-state index contributed by atoms with van der Waals surface area (Å²) in [7, 11) is 1.33. The molecule has 0 aromatic rings. The van der Waals surface area contributed by atoms with Crippen LogP contribution in [0.1, 0.15) is 13.3 Å². The van der Waals surface area contributed by atoms with E-state index in [9.17, 15) is 19.2 Å². The molecule has 0 saturated carbocycles. The van der Waals surface area contributed by atoms with Crippen LogP contribution in [0.2, 0.25) is 0 Å². The highest BCUT2D eigenvalue weighted by atomic mass is 16.4. The third-order valence-corrected chi connectivity index (χ3v) is 2.10. The van der Waals surface area contributed by atoms with Crippen molar-refractivity contribution in [2.24, 2.45) is 5.73 Å². The highest BCUT2D eigenvalue weighted by Crippen LogP contribution is 1.94. The summed E-state index contributed by atoms with van der Waals surface area (Å²) in [6, 6.07) is -2.19. The van der Waals surface area contributed by atoms with E-state index in [0.29, 0.717) is 6.54 Å². The number of carboxylic acids is 1. The summed E-state index contributed by atoms with van der Waals surface area (Å²) in [5, 5.41) is 13.4. The van der Waals surface area contributed by atoms with Crippen LogP contribution in [-0.2, 0) is 14.4 Å². The smallest absolute Gasteiger partial charge is 0.326 e. The first kappa shape index (κ1) is 16.7. The van der Waals surface area contributed by atoms with Crippen LogP contribution < -0.4 is 16.4 Å². The second-order valence-electron chi connectivity index (χ2n) is 3.82. The van der Waals surface area contributed by atoms with Crippen LogP contribution in [0.3, 0.4) is 0 Å². The molecule has 0 radical (unpaired) electrons. The first-order chi connectivity index (χ1) is 8.77. The lowest BCUT2D eigenvalue weighted by atomic mass is 10.2. The van der Waals surface area contributed by atoms with Crippen molar-refractivity contribution >= 4 is 23.8 Å². The fourth-order valence-electron chi connectivity index (χ4n) is 1.20. The molecule has 0 aromatic heterocycles. The van der Waals surface area contributed by atoms with Gasteiger partial charge in [-0.1, -0.05) is 0 Å². The second kappa shape index (κ2) is 7.90. The summed E-state index contributed by atoms with van der Waals surface area (Å²) in [6.07, 6.45) is -0.518. The van der Waals surface area contributed by atoms with Gasteiger partial charge in [-0.3, -0.25) is 9.59 Å². The van der Waals surface area contributed by atoms with Gasteiger partial charge in [0.1, 0.15) is 12.6 Å². The molecule has 0 aliphatic rings. The molecule has 0 aromatic carbocycles. The van der Waals surface area contributed by atoms with E-state index in [2.05, 4.69) is 10.6 Å². The van der Waals surface area contributed by atoms with E-state index in [1.54, 1.807) is 6.92 Å². The van der Waals surface area contributed by atoms with Gasteiger partial charge >= 0.3 is 12.0 Å². The zero-order valence-corrected chi connectivity index (χ0v) is 10.8. The monoisotopic (exact) mass is 274 g/mol. The van der Waals surface area contributed by atoms with E-state index >= 15 is 0 Å². The van der Waals surface area contributed by atoms with Crippen molar-refractivity contribution in [2.45, 2.75) is 19.4 Å². The lowest BCUT2D eigenvalue weighted by Crippen LogP contribution is -2.50. The molecule has 108 valence electrons. The number of hydrogen-bond donors (Lipinski definition) is 4. The number of carboxylic acid groups (broad SMARTS) is 1. The summed E-state index contributed by atoms with van der Waals surface area (Å²) in [4.78, 5) is 45.3. The molecule has 0 rings (SSSR count). The molecule has 4 amide bonds. The van der Waals surface area contributed by atoms with Crippen molar-refractivity contribution in [3.8, 4) is 0 Å². The van der Waals surface area contributed by atoms with Crippen LogP contribution in [0.5, 0.6) is 0 Å². The van der Waals surface area contributed by atoms with E-state index in [4.69, 9.17) is 10.8 Å². The molecule has 0 spiro atoms. The summed E-state index contributed by atoms with van der Waals surface area (Å²) >= 11 is 0. The Morgan fingerprint density at radius 3 is 2.32 bits per heavy atom. The Hall–Kier alpha value is -2.32. The van der Waals surface area contributed by atoms with Crippen LogP contribution in [0.4, 0.5) is 4.79 Å². The molecule has 9 heteroatoms. The Morgan fingerprint density at radius 1 is 1.32 bits per heavy atom. The topological polar surface area (TPSA) is 142 Å². The minimum Gasteiger partial charge on any atom is -0.480 e. The van der Waals surface area contributed by atoms with E-state index in [0.717, 1.165) is 4.90 Å². The average molecular weight is 274 g/mol. The molecule has 1 unspecified atom stereocenters. The standard InChI is InChI=1S/C10H18N4O5/c1-3-12-8(16)5-14(2)10(19)13-6(9(17)18)4-7(11)15/h6H,3-5H2,1-2H3,(H2,11,15)(H,12,16)(H,13,19)(H,17,18). The number of carbonyl (C=O) groups excluding carboxylic acids is 3. The van der Waals surface area contributed by atoms with Crippen LogP contribution in [0, 0.1) is 0 Å². The van der Waals surface area contributed by atoms with Crippen molar-refractivity contribution < 1.29 is 24.3 Å². The van der Waals surface area contributed by atoms with E-state index in [-0.39, 0.29) is 12.5 Å². The maximum Gasteiger partial charge on any atom is 0.326 e. The van der Waals surface area contributed by atoms with Gasteiger partial charge in [0.05, 0.1) is 6.42 Å². The van der Waals surface area contributed by atoms with Crippen LogP contribution in [0.25, 0.3) is 0 Å². The number of nitrogens with zero attached hydrogens (tertiary/aromatic N) is 1. The van der Waals surface area contributed by atoms with E-state index in [1.165, 1.54) is 7.05 Å². The lowest BCUT2D eigenvalue weighted by molar-refractivity contribution is -0.140. The Balaban J connectivity index is 4.42. The highest BCUT2D eigenvalue weighted by molar-refractivity contribution is 5.89. The second-order valence-corrected chi connectivity index (χ2v) is 3.82. The molecule has 0 fully saturated rings. The van der Waals surface area contributed by atoms with Gasteiger partial charge in [-0.15, -0.1) is 0 Å². The van der Waals surface area contributed by atoms with Gasteiger partial charge in [0, 0.05) is 13.6 Å². The van der Waals surface area contributed by atoms with Gasteiger partial charge in [-0.25, -0.2) is 9.59 Å². The van der Waals surface area contributed by atoms with E-state index < -0.39 is 30.4 Å². The Morgan fingerprint density at radius 2 is 1.89 bits per heavy atom. The molecule has 0 heterocycles. The number of likely N-dealkylation sites (N-methyl/N-ethyl adjacent to an activating group) is 2. The number of carbonyl (C=O) groups is 4. The quantitative estimate of drug-likeness (QED) is 0.428.